The number of hydrogen-bond donors (Lipinski definition) is 1. The third-order valence-corrected chi connectivity index (χ3v) is 3.23. The molecule has 2 aliphatic rings. The molecule has 0 saturated carbocycles. The van der Waals surface area contributed by atoms with E-state index in [1.807, 2.05) is 13.8 Å². The number of piperidine rings is 1. The molecule has 0 aromatic heterocycles. The van der Waals surface area contributed by atoms with Crippen molar-refractivity contribution in [3.63, 3.8) is 0 Å². The molecule has 118 valence electrons. The number of amides is 4. The van der Waals surface area contributed by atoms with Gasteiger partial charge in [-0.1, -0.05) is 32.6 Å². The highest BCUT2D eigenvalue weighted by molar-refractivity contribution is 6.26. The van der Waals surface area contributed by atoms with Crippen LogP contribution in [0.5, 0.6) is 0 Å². The maximum absolute atomic E-state index is 12.2. The van der Waals surface area contributed by atoms with Crippen LogP contribution in [0, 0.1) is 0 Å². The van der Waals surface area contributed by atoms with Gasteiger partial charge in [-0.05, 0) is 19.4 Å². The summed E-state index contributed by atoms with van der Waals surface area (Å²) in [6, 6.07) is -0.944. The fourth-order valence-corrected chi connectivity index (χ4v) is 2.19. The highest BCUT2D eigenvalue weighted by atomic mass is 16.2. The Balaban J connectivity index is 0.00000116. The second kappa shape index (κ2) is 7.49. The predicted molar refractivity (Wildman–Crippen MR) is 81.4 cm³/mol. The molecule has 0 spiro atoms. The summed E-state index contributed by atoms with van der Waals surface area (Å²) in [6.45, 7) is 9.37. The number of carbonyl (C=O) groups excluding carboxylic acids is 4. The lowest BCUT2D eigenvalue weighted by molar-refractivity contribution is -0.149. The standard InChI is InChI=1S/C14H14N2O4.C2H6/c1-3-4-5-9-8(2)13(19)16(14(9)20)10-6-7-11(17)15-12(10)18;1-2/h3-5,10H,2,6-7H2,1H3,(H,15,17,18);1-2H3/b4-3-,9-5+;/t10-;/m1./s1. The number of rotatable bonds is 2. The Hall–Kier alpha value is -2.50. The summed E-state index contributed by atoms with van der Waals surface area (Å²) in [6.07, 6.45) is 5.08. The number of nitrogens with zero attached hydrogens (tertiary/aromatic N) is 1. The summed E-state index contributed by atoms with van der Waals surface area (Å²) in [5.74, 6) is -2.15. The van der Waals surface area contributed by atoms with Crippen molar-refractivity contribution in [1.82, 2.24) is 10.2 Å². The van der Waals surface area contributed by atoms with E-state index in [1.165, 1.54) is 6.08 Å². The molecule has 0 aromatic carbocycles. The zero-order valence-electron chi connectivity index (χ0n) is 13.0. The van der Waals surface area contributed by atoms with Crippen LogP contribution in [0.3, 0.4) is 0 Å². The van der Waals surface area contributed by atoms with Crippen LogP contribution >= 0.6 is 0 Å². The molecule has 22 heavy (non-hydrogen) atoms. The monoisotopic (exact) mass is 304 g/mol. The number of likely N-dealkylation sites (tertiary alicyclic amines) is 1. The zero-order chi connectivity index (χ0) is 16.9. The average molecular weight is 304 g/mol. The molecule has 0 bridgehead atoms. The SMILES string of the molecule is C=C1C(=O)N([C@@H]2CCC(=O)NC2=O)C(=O)/C1=C/C=C\C.CC. The largest absolute Gasteiger partial charge is 0.295 e. The summed E-state index contributed by atoms with van der Waals surface area (Å²) in [5.41, 5.74) is 0.246. The van der Waals surface area contributed by atoms with E-state index in [-0.39, 0.29) is 24.0 Å². The quantitative estimate of drug-likeness (QED) is 0.614. The van der Waals surface area contributed by atoms with Gasteiger partial charge in [0.1, 0.15) is 6.04 Å². The third-order valence-electron chi connectivity index (χ3n) is 3.23. The van der Waals surface area contributed by atoms with E-state index < -0.39 is 29.7 Å². The van der Waals surface area contributed by atoms with Crippen molar-refractivity contribution < 1.29 is 19.2 Å². The lowest BCUT2D eigenvalue weighted by Gasteiger charge is -2.27. The van der Waals surface area contributed by atoms with Gasteiger partial charge in [0.15, 0.2) is 0 Å². The first-order chi connectivity index (χ1) is 10.5. The van der Waals surface area contributed by atoms with Gasteiger partial charge in [-0.3, -0.25) is 29.4 Å². The molecule has 2 saturated heterocycles. The van der Waals surface area contributed by atoms with Gasteiger partial charge >= 0.3 is 0 Å². The van der Waals surface area contributed by atoms with Crippen molar-refractivity contribution >= 4 is 23.6 Å². The molecule has 6 heteroatoms. The van der Waals surface area contributed by atoms with Crippen LogP contribution in [0.2, 0.25) is 0 Å². The van der Waals surface area contributed by atoms with Gasteiger partial charge in [-0.15, -0.1) is 0 Å². The molecule has 2 heterocycles. The minimum atomic E-state index is -0.944. The molecular weight excluding hydrogens is 284 g/mol. The number of imide groups is 2. The minimum Gasteiger partial charge on any atom is -0.295 e. The Bertz CT molecular complexity index is 587. The summed E-state index contributed by atoms with van der Waals surface area (Å²) in [4.78, 5) is 48.1. The van der Waals surface area contributed by atoms with E-state index >= 15 is 0 Å². The van der Waals surface area contributed by atoms with E-state index in [0.29, 0.717) is 0 Å². The fraction of sp³-hybridized carbons (Fsp3) is 0.375. The maximum Gasteiger partial charge on any atom is 0.262 e. The molecule has 0 unspecified atom stereocenters. The van der Waals surface area contributed by atoms with E-state index in [2.05, 4.69) is 11.9 Å². The summed E-state index contributed by atoms with van der Waals surface area (Å²) in [5, 5.41) is 2.13. The van der Waals surface area contributed by atoms with Crippen molar-refractivity contribution in [2.75, 3.05) is 0 Å². The minimum absolute atomic E-state index is 0.0674. The van der Waals surface area contributed by atoms with E-state index in [4.69, 9.17) is 0 Å². The Morgan fingerprint density at radius 3 is 2.36 bits per heavy atom. The number of allylic oxidation sites excluding steroid dienone is 3. The lowest BCUT2D eigenvalue weighted by Crippen LogP contribution is -2.54. The lowest BCUT2D eigenvalue weighted by atomic mass is 10.0. The predicted octanol–water partition coefficient (Wildman–Crippen LogP) is 1.25. The maximum atomic E-state index is 12.2. The van der Waals surface area contributed by atoms with Gasteiger partial charge in [0, 0.05) is 12.0 Å². The van der Waals surface area contributed by atoms with Crippen LogP contribution in [-0.4, -0.2) is 34.6 Å². The number of hydrogen-bond acceptors (Lipinski definition) is 4. The first-order valence-electron chi connectivity index (χ1n) is 7.21. The molecule has 0 aliphatic carbocycles. The third kappa shape index (κ3) is 3.21. The fourth-order valence-electron chi connectivity index (χ4n) is 2.19. The summed E-state index contributed by atoms with van der Waals surface area (Å²) >= 11 is 0. The molecule has 1 N–H and O–H groups in total. The van der Waals surface area contributed by atoms with Crippen molar-refractivity contribution in [2.45, 2.75) is 39.7 Å². The van der Waals surface area contributed by atoms with Crippen LogP contribution in [0.4, 0.5) is 0 Å². The molecular formula is C16H20N2O4. The van der Waals surface area contributed by atoms with E-state index in [9.17, 15) is 19.2 Å². The van der Waals surface area contributed by atoms with Crippen molar-refractivity contribution in [3.8, 4) is 0 Å². The number of nitrogens with one attached hydrogen (secondary N) is 1. The second-order valence-electron chi connectivity index (χ2n) is 4.53. The van der Waals surface area contributed by atoms with E-state index in [1.54, 1.807) is 19.1 Å². The highest BCUT2D eigenvalue weighted by Gasteiger charge is 2.45. The smallest absolute Gasteiger partial charge is 0.262 e. The summed E-state index contributed by atoms with van der Waals surface area (Å²) < 4.78 is 0. The Labute approximate surface area is 129 Å². The van der Waals surface area contributed by atoms with Gasteiger partial charge in [0.2, 0.25) is 11.8 Å². The molecule has 2 fully saturated rings. The van der Waals surface area contributed by atoms with Gasteiger partial charge in [0.25, 0.3) is 11.8 Å². The normalized spacial score (nSPS) is 24.0. The van der Waals surface area contributed by atoms with Gasteiger partial charge in [0.05, 0.1) is 5.57 Å². The van der Waals surface area contributed by atoms with Crippen LogP contribution in [-0.2, 0) is 19.2 Å². The molecule has 4 amide bonds. The van der Waals surface area contributed by atoms with Gasteiger partial charge < -0.3 is 0 Å². The second-order valence-corrected chi connectivity index (χ2v) is 4.53. The van der Waals surface area contributed by atoms with Gasteiger partial charge in [-0.25, -0.2) is 0 Å². The first-order valence-corrected chi connectivity index (χ1v) is 7.21. The Morgan fingerprint density at radius 1 is 1.18 bits per heavy atom. The van der Waals surface area contributed by atoms with Crippen LogP contribution in [0.15, 0.2) is 36.0 Å². The molecule has 0 radical (unpaired) electrons. The number of carbonyl (C=O) groups is 4. The van der Waals surface area contributed by atoms with Crippen LogP contribution in [0.1, 0.15) is 33.6 Å². The topological polar surface area (TPSA) is 83.6 Å². The van der Waals surface area contributed by atoms with Crippen molar-refractivity contribution in [2.24, 2.45) is 0 Å². The molecule has 1 atom stereocenters. The van der Waals surface area contributed by atoms with E-state index in [0.717, 1.165) is 4.90 Å². The zero-order valence-corrected chi connectivity index (χ0v) is 13.0. The van der Waals surface area contributed by atoms with Crippen LogP contribution < -0.4 is 5.32 Å². The molecule has 2 rings (SSSR count). The average Bonchev–Trinajstić information content (AvgIpc) is 2.71. The molecule has 2 aliphatic heterocycles. The van der Waals surface area contributed by atoms with Gasteiger partial charge in [-0.2, -0.15) is 0 Å². The first kappa shape index (κ1) is 17.6. The van der Waals surface area contributed by atoms with Crippen LogP contribution in [0.25, 0.3) is 0 Å². The highest BCUT2D eigenvalue weighted by Crippen LogP contribution is 2.28. The Kier molecular flexibility index (Phi) is 5.98. The molecule has 6 nitrogen and oxygen atoms in total. The summed E-state index contributed by atoms with van der Waals surface area (Å²) in [7, 11) is 0. The molecule has 0 aromatic rings. The Morgan fingerprint density at radius 2 is 1.82 bits per heavy atom. The van der Waals surface area contributed by atoms with Crippen molar-refractivity contribution in [1.29, 1.82) is 0 Å². The van der Waals surface area contributed by atoms with Crippen molar-refractivity contribution in [3.05, 3.63) is 36.0 Å².